The summed E-state index contributed by atoms with van der Waals surface area (Å²) < 4.78 is 13.0. The zero-order valence-electron chi connectivity index (χ0n) is 28.8. The highest BCUT2D eigenvalue weighted by atomic mass is 16.6. The number of hydrogen-bond donors (Lipinski definition) is 1. The van der Waals surface area contributed by atoms with E-state index in [0.29, 0.717) is 25.7 Å². The highest BCUT2D eigenvalue weighted by Gasteiger charge is 2.76. The van der Waals surface area contributed by atoms with E-state index in [9.17, 15) is 24.3 Å². The van der Waals surface area contributed by atoms with Crippen molar-refractivity contribution in [3.8, 4) is 0 Å². The maximum Gasteiger partial charge on any atom is 0.313 e. The summed E-state index contributed by atoms with van der Waals surface area (Å²) in [5.41, 5.74) is -0.514. The molecule has 0 unspecified atom stereocenters. The number of carbonyl (C=O) groups excluding carboxylic acids is 4. The Bertz CT molecular complexity index is 1320. The number of fused-ring (bicyclic) bond motifs is 1. The lowest BCUT2D eigenvalue weighted by Gasteiger charge is -2.41. The van der Waals surface area contributed by atoms with Crippen LogP contribution in [0.4, 0.5) is 0 Å². The third-order valence-corrected chi connectivity index (χ3v) is 10.7. The van der Waals surface area contributed by atoms with Crippen LogP contribution in [0, 0.1) is 17.8 Å². The molecule has 47 heavy (non-hydrogen) atoms. The minimum absolute atomic E-state index is 0.103. The first-order valence-corrected chi connectivity index (χ1v) is 17.0. The van der Waals surface area contributed by atoms with Gasteiger partial charge in [0.05, 0.1) is 36.6 Å². The van der Waals surface area contributed by atoms with Gasteiger partial charge in [0.15, 0.2) is 0 Å². The number of likely N-dealkylation sites (tertiary alicyclic amines) is 1. The van der Waals surface area contributed by atoms with Crippen molar-refractivity contribution in [3.05, 3.63) is 61.2 Å². The Kier molecular flexibility index (Phi) is 11.7. The summed E-state index contributed by atoms with van der Waals surface area (Å²) in [6, 6.07) is 6.93. The number of carbonyl (C=O) groups is 4. The Morgan fingerprint density at radius 1 is 1.15 bits per heavy atom. The molecule has 0 saturated carbocycles. The lowest BCUT2D eigenvalue weighted by atomic mass is 9.70. The topological polar surface area (TPSA) is 117 Å². The van der Waals surface area contributed by atoms with E-state index >= 15 is 0 Å². The van der Waals surface area contributed by atoms with Gasteiger partial charge in [-0.3, -0.25) is 19.2 Å². The number of esters is 1. The fourth-order valence-electron chi connectivity index (χ4n) is 7.78. The maximum atomic E-state index is 14.6. The summed E-state index contributed by atoms with van der Waals surface area (Å²) >= 11 is 0. The molecule has 2 bridgehead atoms. The van der Waals surface area contributed by atoms with E-state index in [1.54, 1.807) is 29.0 Å². The minimum Gasteiger partial charge on any atom is -0.455 e. The molecule has 10 heteroatoms. The first kappa shape index (κ1) is 36.3. The monoisotopic (exact) mass is 651 g/mol. The third kappa shape index (κ3) is 6.64. The maximum absolute atomic E-state index is 14.6. The van der Waals surface area contributed by atoms with E-state index in [1.807, 2.05) is 65.0 Å². The van der Waals surface area contributed by atoms with Gasteiger partial charge in [0.2, 0.25) is 17.7 Å². The Balaban J connectivity index is 1.74. The van der Waals surface area contributed by atoms with Gasteiger partial charge in [-0.15, -0.1) is 13.2 Å². The van der Waals surface area contributed by atoms with Gasteiger partial charge in [-0.1, -0.05) is 62.8 Å². The molecule has 0 radical (unpaired) electrons. The van der Waals surface area contributed by atoms with Crippen LogP contribution < -0.4 is 0 Å². The minimum atomic E-state index is -1.23. The van der Waals surface area contributed by atoms with E-state index in [2.05, 4.69) is 13.2 Å². The fraction of sp³-hybridized carbons (Fsp3) is 0.622. The smallest absolute Gasteiger partial charge is 0.313 e. The molecule has 10 nitrogen and oxygen atoms in total. The molecular formula is C37H53N3O7. The molecule has 1 spiro atoms. The second-order valence-corrected chi connectivity index (χ2v) is 13.7. The van der Waals surface area contributed by atoms with Crippen molar-refractivity contribution < 1.29 is 33.8 Å². The number of benzene rings is 1. The summed E-state index contributed by atoms with van der Waals surface area (Å²) in [6.07, 6.45) is 4.35. The molecule has 3 aliphatic rings. The lowest BCUT2D eigenvalue weighted by molar-refractivity contribution is -0.165. The van der Waals surface area contributed by atoms with Gasteiger partial charge in [-0.25, -0.2) is 0 Å². The molecule has 3 heterocycles. The van der Waals surface area contributed by atoms with E-state index < -0.39 is 53.7 Å². The van der Waals surface area contributed by atoms with Crippen LogP contribution in [0.15, 0.2) is 55.6 Å². The molecule has 0 aromatic heterocycles. The van der Waals surface area contributed by atoms with Crippen molar-refractivity contribution in [3.63, 3.8) is 0 Å². The Morgan fingerprint density at radius 2 is 1.83 bits per heavy atom. The summed E-state index contributed by atoms with van der Waals surface area (Å²) in [4.78, 5) is 61.3. The van der Waals surface area contributed by atoms with Crippen LogP contribution in [0.2, 0.25) is 0 Å². The first-order chi connectivity index (χ1) is 22.4. The van der Waals surface area contributed by atoms with Crippen LogP contribution in [0.1, 0.15) is 78.4 Å². The lowest BCUT2D eigenvalue weighted by Crippen LogP contribution is -2.60. The summed E-state index contributed by atoms with van der Waals surface area (Å²) in [6.45, 7) is 17.1. The van der Waals surface area contributed by atoms with Gasteiger partial charge in [-0.2, -0.15) is 0 Å². The average molecular weight is 652 g/mol. The van der Waals surface area contributed by atoms with Crippen LogP contribution in [0.5, 0.6) is 0 Å². The second kappa shape index (κ2) is 15.2. The Labute approximate surface area is 279 Å². The molecule has 3 saturated heterocycles. The molecular weight excluding hydrogens is 598 g/mol. The van der Waals surface area contributed by atoms with Crippen LogP contribution >= 0.6 is 0 Å². The van der Waals surface area contributed by atoms with Gasteiger partial charge >= 0.3 is 5.97 Å². The molecule has 258 valence electrons. The van der Waals surface area contributed by atoms with Crippen LogP contribution in [0.25, 0.3) is 0 Å². The highest BCUT2D eigenvalue weighted by Crippen LogP contribution is 2.59. The zero-order chi connectivity index (χ0) is 34.6. The predicted molar refractivity (Wildman–Crippen MR) is 179 cm³/mol. The number of aliphatic hydroxyl groups is 1. The van der Waals surface area contributed by atoms with E-state index in [-0.39, 0.29) is 49.3 Å². The first-order valence-electron chi connectivity index (χ1n) is 17.0. The molecule has 3 fully saturated rings. The number of amides is 3. The average Bonchev–Trinajstić information content (AvgIpc) is 3.71. The van der Waals surface area contributed by atoms with E-state index in [0.717, 1.165) is 5.56 Å². The molecule has 1 aromatic rings. The number of aliphatic hydroxyl groups excluding tert-OH is 1. The van der Waals surface area contributed by atoms with Gasteiger partial charge in [0, 0.05) is 26.1 Å². The van der Waals surface area contributed by atoms with Crippen molar-refractivity contribution in [1.29, 1.82) is 0 Å². The molecule has 1 N–H and O–H groups in total. The van der Waals surface area contributed by atoms with E-state index in [4.69, 9.17) is 9.47 Å². The van der Waals surface area contributed by atoms with Gasteiger partial charge in [0.25, 0.3) is 0 Å². The molecule has 1 aromatic carbocycles. The molecule has 9 atom stereocenters. The van der Waals surface area contributed by atoms with Crippen molar-refractivity contribution >= 4 is 23.7 Å². The van der Waals surface area contributed by atoms with Gasteiger partial charge < -0.3 is 29.3 Å². The summed E-state index contributed by atoms with van der Waals surface area (Å²) in [5, 5.41) is 10.6. The zero-order valence-corrected chi connectivity index (χ0v) is 28.8. The SMILES string of the molecule is C=CCCC(=O)N(C)[C@@H](C)[C@@H](OC(=O)[C@@H]1[C@H]2C(=O)N([C@@H](CO)[C@@H](C)CC)[C@H](C(=O)N(CC=C)C(C)C)[C@]23CC[C@H]1O3)c1ccccc1. The Morgan fingerprint density at radius 3 is 2.40 bits per heavy atom. The molecule has 0 aliphatic carbocycles. The largest absolute Gasteiger partial charge is 0.455 e. The van der Waals surface area contributed by atoms with E-state index in [1.165, 1.54) is 4.90 Å². The third-order valence-electron chi connectivity index (χ3n) is 10.7. The van der Waals surface area contributed by atoms with Gasteiger partial charge in [-0.05, 0) is 51.5 Å². The number of ether oxygens (including phenoxy) is 2. The number of hydrogen-bond acceptors (Lipinski definition) is 7. The van der Waals surface area contributed by atoms with Crippen molar-refractivity contribution in [2.24, 2.45) is 17.8 Å². The van der Waals surface area contributed by atoms with Crippen LogP contribution in [-0.2, 0) is 28.7 Å². The highest BCUT2D eigenvalue weighted by molar-refractivity contribution is 5.98. The number of nitrogens with zero attached hydrogens (tertiary/aromatic N) is 3. The Hall–Kier alpha value is -3.50. The predicted octanol–water partition coefficient (Wildman–Crippen LogP) is 4.29. The molecule has 3 amide bonds. The fourth-order valence-corrected chi connectivity index (χ4v) is 7.78. The van der Waals surface area contributed by atoms with Crippen molar-refractivity contribution in [2.45, 2.75) is 109 Å². The summed E-state index contributed by atoms with van der Waals surface area (Å²) in [5.74, 6) is -3.34. The standard InChI is InChI=1S/C37H53N3O7/c1-9-12-18-29(42)38(8)25(7)32(26-16-14-13-15-17-26)46-36(45)30-28-19-20-37(47-28)31(30)34(43)40(27(22-41)24(6)11-3)33(37)35(44)39(21-10-2)23(4)5/h9-10,13-17,23-25,27-28,30-33,41H,1-2,11-12,18-22H2,3-8H3/t24-,25-,27-,28+,30-,31-,32+,33+,37-/m0/s1. The van der Waals surface area contributed by atoms with Crippen LogP contribution in [0.3, 0.4) is 0 Å². The second-order valence-electron chi connectivity index (χ2n) is 13.7. The number of allylic oxidation sites excluding steroid dienone is 1. The van der Waals surface area contributed by atoms with Crippen LogP contribution in [-0.4, -0.2) is 99.6 Å². The van der Waals surface area contributed by atoms with Crippen molar-refractivity contribution in [2.75, 3.05) is 20.2 Å². The van der Waals surface area contributed by atoms with Crippen molar-refractivity contribution in [1.82, 2.24) is 14.7 Å². The normalized spacial score (nSPS) is 27.1. The summed E-state index contributed by atoms with van der Waals surface area (Å²) in [7, 11) is 1.69. The molecule has 4 rings (SSSR count). The van der Waals surface area contributed by atoms with Gasteiger partial charge in [0.1, 0.15) is 17.7 Å². The number of rotatable bonds is 16. The quantitative estimate of drug-likeness (QED) is 0.210. The molecule has 3 aliphatic heterocycles. The number of likely N-dealkylation sites (N-methyl/N-ethyl adjacent to an activating group) is 1.